The zero-order chi connectivity index (χ0) is 13.5. The third kappa shape index (κ3) is 2.41. The quantitative estimate of drug-likeness (QED) is 0.741. The van der Waals surface area contributed by atoms with E-state index >= 15 is 0 Å². The fraction of sp³-hybridized carbons (Fsp3) is 0.385. The van der Waals surface area contributed by atoms with Gasteiger partial charge in [0.2, 0.25) is 0 Å². The summed E-state index contributed by atoms with van der Waals surface area (Å²) in [4.78, 5) is 16.3. The molecule has 4 nitrogen and oxygen atoms in total. The lowest BCUT2D eigenvalue weighted by Gasteiger charge is -2.19. The van der Waals surface area contributed by atoms with Crippen molar-refractivity contribution in [1.29, 1.82) is 0 Å². The van der Waals surface area contributed by atoms with Gasteiger partial charge >= 0.3 is 6.09 Å². The van der Waals surface area contributed by atoms with Crippen molar-refractivity contribution in [3.05, 3.63) is 28.5 Å². The fourth-order valence-electron chi connectivity index (χ4n) is 1.61. The molecule has 0 fully saturated rings. The smallest absolute Gasteiger partial charge is 0.420 e. The molecule has 0 bridgehead atoms. The number of rotatable bonds is 0. The van der Waals surface area contributed by atoms with E-state index < -0.39 is 11.7 Å². The first-order valence-corrected chi connectivity index (χ1v) is 6.44. The number of aryl methyl sites for hydroxylation is 1. The summed E-state index contributed by atoms with van der Waals surface area (Å²) in [6, 6.07) is 1.85. The monoisotopic (exact) mass is 310 g/mol. The van der Waals surface area contributed by atoms with Crippen LogP contribution in [0.1, 0.15) is 26.3 Å². The van der Waals surface area contributed by atoms with Crippen LogP contribution in [-0.2, 0) is 4.74 Å². The maximum Gasteiger partial charge on any atom is 0.420 e. The van der Waals surface area contributed by atoms with E-state index in [1.54, 1.807) is 12.4 Å². The Hall–Kier alpha value is -1.36. The molecule has 0 aliphatic heterocycles. The van der Waals surface area contributed by atoms with E-state index in [1.165, 1.54) is 4.57 Å². The largest absolute Gasteiger partial charge is 0.443 e. The highest BCUT2D eigenvalue weighted by molar-refractivity contribution is 9.10. The van der Waals surface area contributed by atoms with Gasteiger partial charge in [-0.05, 0) is 55.3 Å². The highest BCUT2D eigenvalue weighted by Crippen LogP contribution is 2.26. The van der Waals surface area contributed by atoms with Gasteiger partial charge in [-0.15, -0.1) is 0 Å². The van der Waals surface area contributed by atoms with Crippen molar-refractivity contribution in [3.8, 4) is 0 Å². The number of hydrogen-bond acceptors (Lipinski definition) is 3. The molecule has 5 heteroatoms. The van der Waals surface area contributed by atoms with Crippen molar-refractivity contribution in [1.82, 2.24) is 9.55 Å². The summed E-state index contributed by atoms with van der Waals surface area (Å²) in [6.45, 7) is 7.47. The van der Waals surface area contributed by atoms with Crippen LogP contribution in [0.4, 0.5) is 4.79 Å². The highest BCUT2D eigenvalue weighted by Gasteiger charge is 2.20. The Bertz CT molecular complexity index is 611. The predicted octanol–water partition coefficient (Wildman–Crippen LogP) is 3.89. The molecule has 2 aromatic rings. The van der Waals surface area contributed by atoms with Gasteiger partial charge in [0.25, 0.3) is 0 Å². The topological polar surface area (TPSA) is 44.1 Å². The molecule has 0 radical (unpaired) electrons. The Morgan fingerprint density at radius 1 is 1.44 bits per heavy atom. The van der Waals surface area contributed by atoms with Gasteiger partial charge in [-0.2, -0.15) is 0 Å². The zero-order valence-corrected chi connectivity index (χ0v) is 12.4. The Balaban J connectivity index is 2.48. The zero-order valence-electron chi connectivity index (χ0n) is 10.8. The lowest BCUT2D eigenvalue weighted by atomic mass is 10.2. The molecule has 0 saturated carbocycles. The second-order valence-electron chi connectivity index (χ2n) is 5.16. The van der Waals surface area contributed by atoms with E-state index in [0.29, 0.717) is 5.65 Å². The van der Waals surface area contributed by atoms with Crippen LogP contribution in [0.5, 0.6) is 0 Å². The van der Waals surface area contributed by atoms with Gasteiger partial charge in [0.05, 0.1) is 0 Å². The third-order valence-electron chi connectivity index (χ3n) is 2.41. The van der Waals surface area contributed by atoms with Crippen LogP contribution in [0.15, 0.2) is 22.9 Å². The molecule has 0 aromatic carbocycles. The van der Waals surface area contributed by atoms with Gasteiger partial charge in [0.1, 0.15) is 5.60 Å². The van der Waals surface area contributed by atoms with Gasteiger partial charge in [-0.3, -0.25) is 0 Å². The number of pyridine rings is 1. The van der Waals surface area contributed by atoms with Crippen molar-refractivity contribution in [3.63, 3.8) is 0 Å². The molecule has 0 atom stereocenters. The number of nitrogens with zero attached hydrogens (tertiary/aromatic N) is 2. The predicted molar refractivity (Wildman–Crippen MR) is 73.8 cm³/mol. The number of aromatic nitrogens is 2. The van der Waals surface area contributed by atoms with E-state index in [9.17, 15) is 4.79 Å². The molecule has 0 saturated heterocycles. The van der Waals surface area contributed by atoms with Crippen molar-refractivity contribution in [2.45, 2.75) is 33.3 Å². The minimum absolute atomic E-state index is 0.416. The molecule has 2 aromatic heterocycles. The van der Waals surface area contributed by atoms with E-state index in [2.05, 4.69) is 20.9 Å². The number of fused-ring (bicyclic) bond motifs is 1. The Labute approximate surface area is 114 Å². The number of ether oxygens (including phenoxy) is 1. The summed E-state index contributed by atoms with van der Waals surface area (Å²) >= 11 is 3.50. The summed E-state index contributed by atoms with van der Waals surface area (Å²) in [5.41, 5.74) is 1.11. The van der Waals surface area contributed by atoms with Gasteiger partial charge in [0.15, 0.2) is 5.65 Å². The van der Waals surface area contributed by atoms with Crippen molar-refractivity contribution in [2.24, 2.45) is 0 Å². The SMILES string of the molecule is Cc1cnc2c(ccn2C(=O)OC(C)(C)C)c1Br. The molecule has 0 unspecified atom stereocenters. The first-order chi connectivity index (χ1) is 8.29. The summed E-state index contributed by atoms with van der Waals surface area (Å²) < 4.78 is 7.70. The van der Waals surface area contributed by atoms with E-state index in [-0.39, 0.29) is 0 Å². The Morgan fingerprint density at radius 2 is 2.11 bits per heavy atom. The fourth-order valence-corrected chi connectivity index (χ4v) is 2.02. The molecule has 18 heavy (non-hydrogen) atoms. The highest BCUT2D eigenvalue weighted by atomic mass is 79.9. The van der Waals surface area contributed by atoms with Gasteiger partial charge in [0, 0.05) is 22.3 Å². The molecule has 0 spiro atoms. The maximum atomic E-state index is 12.0. The van der Waals surface area contributed by atoms with Crippen LogP contribution in [0, 0.1) is 6.92 Å². The van der Waals surface area contributed by atoms with Gasteiger partial charge < -0.3 is 4.74 Å². The van der Waals surface area contributed by atoms with Gasteiger partial charge in [-0.25, -0.2) is 14.3 Å². The Kier molecular flexibility index (Phi) is 3.19. The summed E-state index contributed by atoms with van der Waals surface area (Å²) in [5, 5.41) is 0.904. The average Bonchev–Trinajstić information content (AvgIpc) is 2.65. The van der Waals surface area contributed by atoms with Crippen LogP contribution in [0.25, 0.3) is 11.0 Å². The number of halogens is 1. The van der Waals surface area contributed by atoms with Gasteiger partial charge in [-0.1, -0.05) is 0 Å². The second-order valence-corrected chi connectivity index (χ2v) is 5.95. The first-order valence-electron chi connectivity index (χ1n) is 5.65. The number of carbonyl (C=O) groups is 1. The molecule has 0 amide bonds. The number of hydrogen-bond donors (Lipinski definition) is 0. The minimum Gasteiger partial charge on any atom is -0.443 e. The first kappa shape index (κ1) is 13.1. The average molecular weight is 311 g/mol. The van der Waals surface area contributed by atoms with Crippen molar-refractivity contribution < 1.29 is 9.53 Å². The van der Waals surface area contributed by atoms with Crippen LogP contribution < -0.4 is 0 Å². The molecule has 0 aliphatic carbocycles. The molecule has 2 rings (SSSR count). The molecule has 2 heterocycles. The van der Waals surface area contributed by atoms with Crippen LogP contribution >= 0.6 is 15.9 Å². The van der Waals surface area contributed by atoms with Crippen molar-refractivity contribution >= 4 is 33.1 Å². The molecule has 0 N–H and O–H groups in total. The minimum atomic E-state index is -0.518. The standard InChI is InChI=1S/C13H15BrN2O2/c1-8-7-15-11-9(10(8)14)5-6-16(11)12(17)18-13(2,3)4/h5-7H,1-4H3. The van der Waals surface area contributed by atoms with Crippen LogP contribution in [0.2, 0.25) is 0 Å². The van der Waals surface area contributed by atoms with Crippen LogP contribution in [-0.4, -0.2) is 21.2 Å². The Morgan fingerprint density at radius 3 is 2.72 bits per heavy atom. The lowest BCUT2D eigenvalue weighted by Crippen LogP contribution is -2.26. The summed E-state index contributed by atoms with van der Waals surface area (Å²) in [6.07, 6.45) is 2.99. The number of carbonyl (C=O) groups excluding carboxylic acids is 1. The third-order valence-corrected chi connectivity index (χ3v) is 3.47. The summed E-state index contributed by atoms with van der Waals surface area (Å²) in [7, 11) is 0. The summed E-state index contributed by atoms with van der Waals surface area (Å²) in [5.74, 6) is 0. The van der Waals surface area contributed by atoms with E-state index in [1.807, 2.05) is 33.8 Å². The molecular formula is C13H15BrN2O2. The second kappa shape index (κ2) is 4.39. The molecule has 0 aliphatic rings. The molecule has 96 valence electrons. The van der Waals surface area contributed by atoms with Crippen LogP contribution in [0.3, 0.4) is 0 Å². The maximum absolute atomic E-state index is 12.0. The van der Waals surface area contributed by atoms with E-state index in [0.717, 1.165) is 15.4 Å². The molecular weight excluding hydrogens is 296 g/mol. The lowest BCUT2D eigenvalue weighted by molar-refractivity contribution is 0.0543. The normalized spacial score (nSPS) is 11.8. The van der Waals surface area contributed by atoms with E-state index in [4.69, 9.17) is 4.74 Å². The van der Waals surface area contributed by atoms with Crippen molar-refractivity contribution in [2.75, 3.05) is 0 Å².